The summed E-state index contributed by atoms with van der Waals surface area (Å²) in [7, 11) is 0. The van der Waals surface area contributed by atoms with Crippen molar-refractivity contribution in [1.29, 1.82) is 0 Å². The van der Waals surface area contributed by atoms with E-state index in [9.17, 15) is 9.59 Å². The summed E-state index contributed by atoms with van der Waals surface area (Å²) in [5, 5.41) is 2.52. The zero-order valence-corrected chi connectivity index (χ0v) is 8.88. The van der Waals surface area contributed by atoms with Gasteiger partial charge in [0.05, 0.1) is 0 Å². The smallest absolute Gasteiger partial charge is 0.311 e. The van der Waals surface area contributed by atoms with E-state index in [-0.39, 0.29) is 5.91 Å². The van der Waals surface area contributed by atoms with Crippen LogP contribution < -0.4 is 5.32 Å². The van der Waals surface area contributed by atoms with Gasteiger partial charge in [0.1, 0.15) is 0 Å². The van der Waals surface area contributed by atoms with Crippen LogP contribution in [-0.2, 0) is 9.59 Å². The van der Waals surface area contributed by atoms with Crippen LogP contribution in [0, 0.1) is 5.92 Å². The lowest BCUT2D eigenvalue weighted by molar-refractivity contribution is -0.146. The van der Waals surface area contributed by atoms with Gasteiger partial charge in [0.15, 0.2) is 0 Å². The predicted octanol–water partition coefficient (Wildman–Crippen LogP) is 0.381. The van der Waals surface area contributed by atoms with E-state index >= 15 is 0 Å². The number of nitrogens with zero attached hydrogens (tertiary/aromatic N) is 1. The van der Waals surface area contributed by atoms with Crippen LogP contribution in [0.2, 0.25) is 0 Å². The topological polar surface area (TPSA) is 49.4 Å². The Morgan fingerprint density at radius 3 is 2.43 bits per heavy atom. The van der Waals surface area contributed by atoms with Crippen LogP contribution in [0.15, 0.2) is 0 Å². The second-order valence-corrected chi connectivity index (χ2v) is 3.83. The highest BCUT2D eigenvalue weighted by Gasteiger charge is 2.24. The van der Waals surface area contributed by atoms with Crippen molar-refractivity contribution in [1.82, 2.24) is 10.2 Å². The summed E-state index contributed by atoms with van der Waals surface area (Å²) < 4.78 is 0. The van der Waals surface area contributed by atoms with Crippen LogP contribution in [0.1, 0.15) is 26.7 Å². The summed E-state index contributed by atoms with van der Waals surface area (Å²) >= 11 is 0. The van der Waals surface area contributed by atoms with E-state index in [1.54, 1.807) is 4.90 Å². The molecule has 2 amide bonds. The van der Waals surface area contributed by atoms with Gasteiger partial charge in [-0.2, -0.15) is 0 Å². The molecule has 1 rings (SSSR count). The van der Waals surface area contributed by atoms with E-state index < -0.39 is 5.91 Å². The Hall–Kier alpha value is -1.06. The summed E-state index contributed by atoms with van der Waals surface area (Å²) in [6.45, 7) is 5.93. The fourth-order valence-corrected chi connectivity index (χ4v) is 1.59. The lowest BCUT2D eigenvalue weighted by Gasteiger charge is -2.29. The van der Waals surface area contributed by atoms with Crippen molar-refractivity contribution in [2.45, 2.75) is 26.7 Å². The van der Waals surface area contributed by atoms with Crippen LogP contribution in [0.5, 0.6) is 0 Å². The van der Waals surface area contributed by atoms with Crippen LogP contribution >= 0.6 is 0 Å². The van der Waals surface area contributed by atoms with Crippen molar-refractivity contribution in [3.05, 3.63) is 0 Å². The van der Waals surface area contributed by atoms with Gasteiger partial charge >= 0.3 is 11.8 Å². The number of nitrogens with one attached hydrogen (secondary N) is 1. The normalized spacial score (nSPS) is 18.0. The maximum atomic E-state index is 11.5. The molecule has 1 saturated heterocycles. The number of likely N-dealkylation sites (tertiary alicyclic amines) is 1. The number of hydrogen-bond donors (Lipinski definition) is 1. The number of rotatable bonds is 1. The second kappa shape index (κ2) is 4.98. The zero-order valence-electron chi connectivity index (χ0n) is 8.88. The minimum atomic E-state index is -0.470. The first-order valence-corrected chi connectivity index (χ1v) is 5.22. The molecule has 0 atom stereocenters. The van der Waals surface area contributed by atoms with Gasteiger partial charge in [0.2, 0.25) is 0 Å². The van der Waals surface area contributed by atoms with Gasteiger partial charge in [-0.3, -0.25) is 9.59 Å². The minimum Gasteiger partial charge on any atom is -0.348 e. The standard InChI is InChI=1S/C10H18N2O2/c1-3-11-9(13)10(14)12-6-4-8(2)5-7-12/h8H,3-7H2,1-2H3,(H,11,13). The lowest BCUT2D eigenvalue weighted by atomic mass is 9.99. The monoisotopic (exact) mass is 198 g/mol. The molecule has 1 aliphatic heterocycles. The van der Waals surface area contributed by atoms with Gasteiger partial charge < -0.3 is 10.2 Å². The molecular formula is C10H18N2O2. The molecule has 1 aliphatic rings. The Kier molecular flexibility index (Phi) is 3.92. The van der Waals surface area contributed by atoms with Crippen molar-refractivity contribution in [2.75, 3.05) is 19.6 Å². The Labute approximate surface area is 84.7 Å². The van der Waals surface area contributed by atoms with Crippen molar-refractivity contribution in [3.63, 3.8) is 0 Å². The van der Waals surface area contributed by atoms with E-state index in [1.165, 1.54) is 0 Å². The minimum absolute atomic E-state index is 0.376. The largest absolute Gasteiger partial charge is 0.348 e. The van der Waals surface area contributed by atoms with Gasteiger partial charge in [0.25, 0.3) is 0 Å². The highest BCUT2D eigenvalue weighted by molar-refractivity contribution is 6.35. The van der Waals surface area contributed by atoms with Crippen molar-refractivity contribution in [2.24, 2.45) is 5.92 Å². The van der Waals surface area contributed by atoms with Crippen LogP contribution in [-0.4, -0.2) is 36.3 Å². The molecule has 0 radical (unpaired) electrons. The summed E-state index contributed by atoms with van der Waals surface area (Å²) in [6.07, 6.45) is 2.01. The third-order valence-electron chi connectivity index (χ3n) is 2.60. The zero-order chi connectivity index (χ0) is 10.6. The Balaban J connectivity index is 2.41. The molecule has 0 bridgehead atoms. The quantitative estimate of drug-likeness (QED) is 0.619. The van der Waals surface area contributed by atoms with E-state index in [4.69, 9.17) is 0 Å². The van der Waals surface area contributed by atoms with Crippen molar-refractivity contribution >= 4 is 11.8 Å². The molecule has 0 saturated carbocycles. The number of hydrogen-bond acceptors (Lipinski definition) is 2. The number of amides is 2. The Morgan fingerprint density at radius 1 is 1.36 bits per heavy atom. The van der Waals surface area contributed by atoms with Crippen LogP contribution in [0.3, 0.4) is 0 Å². The molecule has 14 heavy (non-hydrogen) atoms. The molecular weight excluding hydrogens is 180 g/mol. The molecule has 1 N–H and O–H groups in total. The third-order valence-corrected chi connectivity index (χ3v) is 2.60. The Morgan fingerprint density at radius 2 is 1.93 bits per heavy atom. The van der Waals surface area contributed by atoms with Crippen LogP contribution in [0.25, 0.3) is 0 Å². The molecule has 0 aliphatic carbocycles. The molecule has 0 spiro atoms. The summed E-state index contributed by atoms with van der Waals surface area (Å²) in [6, 6.07) is 0. The Bertz CT molecular complexity index is 220. The van der Waals surface area contributed by atoms with E-state index in [0.717, 1.165) is 25.9 Å². The third kappa shape index (κ3) is 2.72. The highest BCUT2D eigenvalue weighted by atomic mass is 16.2. The van der Waals surface area contributed by atoms with Gasteiger partial charge in [0, 0.05) is 19.6 Å². The fourth-order valence-electron chi connectivity index (χ4n) is 1.59. The molecule has 0 aromatic rings. The molecule has 1 heterocycles. The molecule has 1 fully saturated rings. The number of carbonyl (C=O) groups excluding carboxylic acids is 2. The van der Waals surface area contributed by atoms with Crippen molar-refractivity contribution in [3.8, 4) is 0 Å². The maximum Gasteiger partial charge on any atom is 0.311 e. The number of piperidine rings is 1. The van der Waals surface area contributed by atoms with Gasteiger partial charge in [-0.05, 0) is 25.7 Å². The lowest BCUT2D eigenvalue weighted by Crippen LogP contribution is -2.46. The van der Waals surface area contributed by atoms with Crippen LogP contribution in [0.4, 0.5) is 0 Å². The second-order valence-electron chi connectivity index (χ2n) is 3.83. The van der Waals surface area contributed by atoms with E-state index in [1.807, 2.05) is 6.92 Å². The molecule has 80 valence electrons. The molecule has 0 aromatic carbocycles. The number of carbonyl (C=O) groups is 2. The molecule has 4 nitrogen and oxygen atoms in total. The summed E-state index contributed by atoms with van der Waals surface area (Å²) in [4.78, 5) is 24.4. The summed E-state index contributed by atoms with van der Waals surface area (Å²) in [5.74, 6) is -0.172. The number of likely N-dealkylation sites (N-methyl/N-ethyl adjacent to an activating group) is 1. The first kappa shape index (κ1) is 11.0. The van der Waals surface area contributed by atoms with Gasteiger partial charge in [-0.15, -0.1) is 0 Å². The average molecular weight is 198 g/mol. The van der Waals surface area contributed by atoms with E-state index in [2.05, 4.69) is 12.2 Å². The van der Waals surface area contributed by atoms with Gasteiger partial charge in [-0.25, -0.2) is 0 Å². The van der Waals surface area contributed by atoms with Gasteiger partial charge in [-0.1, -0.05) is 6.92 Å². The fraction of sp³-hybridized carbons (Fsp3) is 0.800. The van der Waals surface area contributed by atoms with E-state index in [0.29, 0.717) is 12.5 Å². The first-order chi connectivity index (χ1) is 6.65. The molecule has 0 aromatic heterocycles. The SMILES string of the molecule is CCNC(=O)C(=O)N1CCC(C)CC1. The maximum absolute atomic E-state index is 11.5. The summed E-state index contributed by atoms with van der Waals surface area (Å²) in [5.41, 5.74) is 0. The van der Waals surface area contributed by atoms with Crippen molar-refractivity contribution < 1.29 is 9.59 Å². The molecule has 0 unspecified atom stereocenters. The molecule has 4 heteroatoms. The highest BCUT2D eigenvalue weighted by Crippen LogP contribution is 2.15. The predicted molar refractivity (Wildman–Crippen MR) is 53.7 cm³/mol. The average Bonchev–Trinajstić information content (AvgIpc) is 2.18. The first-order valence-electron chi connectivity index (χ1n) is 5.22.